The molecule has 3 rings (SSSR count). The van der Waals surface area contributed by atoms with E-state index in [-0.39, 0.29) is 17.5 Å². The lowest BCUT2D eigenvalue weighted by atomic mass is 9.83. The zero-order valence-electron chi connectivity index (χ0n) is 11.5. The Balaban J connectivity index is 1.88. The molecule has 1 aromatic rings. The molecule has 1 aromatic carbocycles. The van der Waals surface area contributed by atoms with Crippen molar-refractivity contribution in [1.29, 1.82) is 0 Å². The fourth-order valence-electron chi connectivity index (χ4n) is 3.77. The number of carbonyl (C=O) groups is 1. The van der Waals surface area contributed by atoms with Crippen molar-refractivity contribution >= 4 is 5.78 Å². The van der Waals surface area contributed by atoms with Gasteiger partial charge in [-0.1, -0.05) is 0 Å². The van der Waals surface area contributed by atoms with Crippen molar-refractivity contribution < 1.29 is 9.18 Å². The molecule has 19 heavy (non-hydrogen) atoms. The van der Waals surface area contributed by atoms with Crippen LogP contribution in [-0.2, 0) is 0 Å². The molecule has 1 N–H and O–H groups in total. The maximum atomic E-state index is 13.3. The smallest absolute Gasteiger partial charge is 0.166 e. The number of nitrogens with one attached hydrogen (secondary N) is 1. The van der Waals surface area contributed by atoms with E-state index in [0.29, 0.717) is 12.1 Å². The van der Waals surface area contributed by atoms with E-state index in [1.54, 1.807) is 0 Å². The van der Waals surface area contributed by atoms with Crippen molar-refractivity contribution in [2.45, 2.75) is 51.6 Å². The van der Waals surface area contributed by atoms with Gasteiger partial charge in [-0.2, -0.15) is 0 Å². The van der Waals surface area contributed by atoms with E-state index in [0.717, 1.165) is 29.5 Å². The van der Waals surface area contributed by atoms with Gasteiger partial charge >= 0.3 is 0 Å². The summed E-state index contributed by atoms with van der Waals surface area (Å²) in [4.78, 5) is 12.7. The van der Waals surface area contributed by atoms with Crippen LogP contribution in [0.25, 0.3) is 0 Å². The third kappa shape index (κ3) is 2.32. The van der Waals surface area contributed by atoms with Gasteiger partial charge in [0.15, 0.2) is 5.78 Å². The molecular weight excluding hydrogens is 241 g/mol. The van der Waals surface area contributed by atoms with E-state index in [1.165, 1.54) is 25.0 Å². The molecule has 0 saturated carbocycles. The molecule has 2 bridgehead atoms. The Bertz CT molecular complexity index is 490. The molecule has 2 unspecified atom stereocenters. The number of ketones is 1. The van der Waals surface area contributed by atoms with E-state index in [2.05, 4.69) is 5.32 Å². The molecule has 0 aliphatic carbocycles. The highest BCUT2D eigenvalue weighted by atomic mass is 19.1. The minimum Gasteiger partial charge on any atom is -0.311 e. The highest BCUT2D eigenvalue weighted by molar-refractivity contribution is 6.00. The van der Waals surface area contributed by atoms with Gasteiger partial charge in [0, 0.05) is 23.6 Å². The average molecular weight is 261 g/mol. The first-order chi connectivity index (χ1) is 9.04. The van der Waals surface area contributed by atoms with Crippen molar-refractivity contribution in [3.05, 3.63) is 34.6 Å². The number of carbonyl (C=O) groups excluding carboxylic acids is 1. The van der Waals surface area contributed by atoms with Crippen LogP contribution in [0.3, 0.4) is 0 Å². The number of hydrogen-bond acceptors (Lipinski definition) is 2. The molecule has 2 fully saturated rings. The van der Waals surface area contributed by atoms with Crippen LogP contribution in [0.15, 0.2) is 12.1 Å². The van der Waals surface area contributed by atoms with Crippen molar-refractivity contribution in [2.24, 2.45) is 5.92 Å². The number of fused-ring (bicyclic) bond motifs is 2. The third-order valence-corrected chi connectivity index (χ3v) is 4.59. The number of benzene rings is 1. The SMILES string of the molecule is Cc1cc(F)cc(C)c1C(=O)C1CC2CCC(C1)N2. The summed E-state index contributed by atoms with van der Waals surface area (Å²) in [6.07, 6.45) is 4.25. The van der Waals surface area contributed by atoms with Crippen LogP contribution >= 0.6 is 0 Å². The summed E-state index contributed by atoms with van der Waals surface area (Å²) in [6.45, 7) is 3.66. The minimum absolute atomic E-state index is 0.113. The zero-order valence-corrected chi connectivity index (χ0v) is 11.5. The Morgan fingerprint density at radius 1 is 1.16 bits per heavy atom. The van der Waals surface area contributed by atoms with Crippen LogP contribution in [0.4, 0.5) is 4.39 Å². The van der Waals surface area contributed by atoms with E-state index in [9.17, 15) is 9.18 Å². The van der Waals surface area contributed by atoms with Gasteiger partial charge in [0.25, 0.3) is 0 Å². The number of halogens is 1. The second kappa shape index (κ2) is 4.71. The van der Waals surface area contributed by atoms with Crippen LogP contribution in [0.1, 0.15) is 47.2 Å². The van der Waals surface area contributed by atoms with Gasteiger partial charge in [0.1, 0.15) is 5.82 Å². The molecule has 2 aliphatic rings. The molecule has 2 heterocycles. The topological polar surface area (TPSA) is 29.1 Å². The number of aryl methyl sites for hydroxylation is 2. The minimum atomic E-state index is -0.253. The summed E-state index contributed by atoms with van der Waals surface area (Å²) < 4.78 is 13.3. The summed E-state index contributed by atoms with van der Waals surface area (Å²) in [5.74, 6) is 0.0759. The van der Waals surface area contributed by atoms with Crippen molar-refractivity contribution in [3.8, 4) is 0 Å². The predicted molar refractivity (Wildman–Crippen MR) is 72.9 cm³/mol. The summed E-state index contributed by atoms with van der Waals surface area (Å²) in [6, 6.07) is 3.95. The largest absolute Gasteiger partial charge is 0.311 e. The molecule has 2 nitrogen and oxygen atoms in total. The summed E-state index contributed by atoms with van der Waals surface area (Å²) in [5.41, 5.74) is 2.29. The number of Topliss-reactive ketones (excluding diaryl/α,β-unsaturated/α-hetero) is 1. The first kappa shape index (κ1) is 12.8. The molecule has 0 aromatic heterocycles. The monoisotopic (exact) mass is 261 g/mol. The Morgan fingerprint density at radius 2 is 1.68 bits per heavy atom. The number of hydrogen-bond donors (Lipinski definition) is 1. The first-order valence-corrected chi connectivity index (χ1v) is 7.11. The maximum absolute atomic E-state index is 13.3. The van der Waals surface area contributed by atoms with Gasteiger partial charge in [-0.3, -0.25) is 4.79 Å². The second-order valence-electron chi connectivity index (χ2n) is 6.09. The summed E-state index contributed by atoms with van der Waals surface area (Å²) >= 11 is 0. The van der Waals surface area contributed by atoms with Gasteiger partial charge < -0.3 is 5.32 Å². The lowest BCUT2D eigenvalue weighted by Crippen LogP contribution is -2.40. The lowest BCUT2D eigenvalue weighted by molar-refractivity contribution is 0.0874. The van der Waals surface area contributed by atoms with Crippen molar-refractivity contribution in [2.75, 3.05) is 0 Å². The highest BCUT2D eigenvalue weighted by Crippen LogP contribution is 2.34. The average Bonchev–Trinajstić information content (AvgIpc) is 2.66. The molecule has 2 atom stereocenters. The Labute approximate surface area is 113 Å². The van der Waals surface area contributed by atoms with Crippen LogP contribution in [0, 0.1) is 25.6 Å². The molecule has 0 amide bonds. The summed E-state index contributed by atoms with van der Waals surface area (Å²) in [5, 5.41) is 3.55. The zero-order chi connectivity index (χ0) is 13.6. The quantitative estimate of drug-likeness (QED) is 0.829. The van der Waals surface area contributed by atoms with Crippen LogP contribution in [0.5, 0.6) is 0 Å². The van der Waals surface area contributed by atoms with Crippen LogP contribution < -0.4 is 5.32 Å². The van der Waals surface area contributed by atoms with E-state index >= 15 is 0 Å². The summed E-state index contributed by atoms with van der Waals surface area (Å²) in [7, 11) is 0. The fourth-order valence-corrected chi connectivity index (χ4v) is 3.77. The predicted octanol–water partition coefficient (Wildman–Crippen LogP) is 3.16. The van der Waals surface area contributed by atoms with Gasteiger partial charge in [0.2, 0.25) is 0 Å². The van der Waals surface area contributed by atoms with E-state index in [4.69, 9.17) is 0 Å². The van der Waals surface area contributed by atoms with E-state index in [1.807, 2.05) is 13.8 Å². The second-order valence-corrected chi connectivity index (χ2v) is 6.09. The van der Waals surface area contributed by atoms with Crippen LogP contribution in [-0.4, -0.2) is 17.9 Å². The first-order valence-electron chi connectivity index (χ1n) is 7.11. The molecule has 3 heteroatoms. The van der Waals surface area contributed by atoms with Crippen LogP contribution in [0.2, 0.25) is 0 Å². The fraction of sp³-hybridized carbons (Fsp3) is 0.562. The Hall–Kier alpha value is -1.22. The standard InChI is InChI=1S/C16H20FNO/c1-9-5-12(17)6-10(2)15(9)16(19)11-7-13-3-4-14(8-11)18-13/h5-6,11,13-14,18H,3-4,7-8H2,1-2H3. The molecule has 2 saturated heterocycles. The number of rotatable bonds is 2. The third-order valence-electron chi connectivity index (χ3n) is 4.59. The number of piperidine rings is 1. The van der Waals surface area contributed by atoms with Gasteiger partial charge in [-0.25, -0.2) is 4.39 Å². The van der Waals surface area contributed by atoms with Gasteiger partial charge in [-0.15, -0.1) is 0 Å². The molecule has 0 radical (unpaired) electrons. The normalized spacial score (nSPS) is 29.5. The molecule has 0 spiro atoms. The Morgan fingerprint density at radius 3 is 2.21 bits per heavy atom. The highest BCUT2D eigenvalue weighted by Gasteiger charge is 2.37. The Kier molecular flexibility index (Phi) is 3.17. The molecular formula is C16H20FNO. The van der Waals surface area contributed by atoms with Gasteiger partial charge in [-0.05, 0) is 62.8 Å². The van der Waals surface area contributed by atoms with E-state index < -0.39 is 0 Å². The van der Waals surface area contributed by atoms with Crippen molar-refractivity contribution in [1.82, 2.24) is 5.32 Å². The maximum Gasteiger partial charge on any atom is 0.166 e. The van der Waals surface area contributed by atoms with Crippen molar-refractivity contribution in [3.63, 3.8) is 0 Å². The lowest BCUT2D eigenvalue weighted by Gasteiger charge is -2.28. The van der Waals surface area contributed by atoms with Gasteiger partial charge in [0.05, 0.1) is 0 Å². The molecule has 2 aliphatic heterocycles. The molecule has 102 valence electrons.